The molecule has 0 bridgehead atoms. The summed E-state index contributed by atoms with van der Waals surface area (Å²) in [5.74, 6) is 0.544. The van der Waals surface area contributed by atoms with Crippen LogP contribution in [0, 0.1) is 5.92 Å². The molecule has 24 heavy (non-hydrogen) atoms. The van der Waals surface area contributed by atoms with Crippen molar-refractivity contribution in [2.75, 3.05) is 6.61 Å². The highest BCUT2D eigenvalue weighted by molar-refractivity contribution is 5.78. The molecule has 0 aliphatic heterocycles. The molecule has 6 heteroatoms. The number of pyridine rings is 2. The molecule has 3 rings (SSSR count). The monoisotopic (exact) mass is 331 g/mol. The van der Waals surface area contributed by atoms with E-state index in [-0.39, 0.29) is 12.0 Å². The molecule has 2 atom stereocenters. The van der Waals surface area contributed by atoms with Gasteiger partial charge in [0, 0.05) is 23.9 Å². The lowest BCUT2D eigenvalue weighted by Gasteiger charge is -2.32. The first-order valence-corrected chi connectivity index (χ1v) is 8.60. The number of hydrogen-bond acceptors (Lipinski definition) is 6. The minimum absolute atomic E-state index is 0.0538. The van der Waals surface area contributed by atoms with Gasteiger partial charge in [-0.25, -0.2) is 4.98 Å². The highest BCUT2D eigenvalue weighted by atomic mass is 16.5. The van der Waals surface area contributed by atoms with Crippen LogP contribution in [0.1, 0.15) is 44.3 Å². The molecule has 0 radical (unpaired) electrons. The van der Waals surface area contributed by atoms with E-state index in [1.54, 1.807) is 18.3 Å². The lowest BCUT2D eigenvalue weighted by molar-refractivity contribution is -0.0291. The van der Waals surface area contributed by atoms with Gasteiger partial charge in [0.05, 0.1) is 23.7 Å². The summed E-state index contributed by atoms with van der Waals surface area (Å²) < 4.78 is 5.44. The van der Waals surface area contributed by atoms with Crippen LogP contribution in [0.25, 0.3) is 11.0 Å². The second-order valence-electron chi connectivity index (χ2n) is 6.46. The quantitative estimate of drug-likeness (QED) is 0.774. The fraction of sp³-hybridized carbons (Fsp3) is 0.556. The van der Waals surface area contributed by atoms with Gasteiger partial charge in [-0.1, -0.05) is 0 Å². The Kier molecular flexibility index (Phi) is 5.28. The Hall–Kier alpha value is -1.76. The molecule has 130 valence electrons. The highest BCUT2D eigenvalue weighted by Gasteiger charge is 2.31. The van der Waals surface area contributed by atoms with Crippen molar-refractivity contribution >= 4 is 11.0 Å². The molecule has 0 saturated heterocycles. The fourth-order valence-electron chi connectivity index (χ4n) is 3.42. The van der Waals surface area contributed by atoms with Gasteiger partial charge in [0.2, 0.25) is 5.88 Å². The Morgan fingerprint density at radius 1 is 1.21 bits per heavy atom. The van der Waals surface area contributed by atoms with E-state index in [9.17, 15) is 10.2 Å². The maximum absolute atomic E-state index is 10.7. The van der Waals surface area contributed by atoms with Crippen molar-refractivity contribution in [3.63, 3.8) is 0 Å². The summed E-state index contributed by atoms with van der Waals surface area (Å²) in [4.78, 5) is 8.73. The molecule has 6 nitrogen and oxygen atoms in total. The zero-order valence-electron chi connectivity index (χ0n) is 13.9. The van der Waals surface area contributed by atoms with Crippen LogP contribution in [0.2, 0.25) is 0 Å². The first kappa shape index (κ1) is 17.1. The van der Waals surface area contributed by atoms with Gasteiger partial charge in [-0.3, -0.25) is 4.98 Å². The number of aromatic nitrogens is 2. The third-order valence-corrected chi connectivity index (χ3v) is 4.82. The largest absolute Gasteiger partial charge is 0.478 e. The average Bonchev–Trinajstić information content (AvgIpc) is 2.61. The SMILES string of the molecule is CCOc1ccc2nccc([C@@H](O)[C@H](O)C3CCC(N)CC3)c2n1. The van der Waals surface area contributed by atoms with Gasteiger partial charge >= 0.3 is 0 Å². The van der Waals surface area contributed by atoms with Crippen molar-refractivity contribution in [1.29, 1.82) is 0 Å². The van der Waals surface area contributed by atoms with Gasteiger partial charge in [0.15, 0.2) is 0 Å². The number of fused-ring (bicyclic) bond motifs is 1. The van der Waals surface area contributed by atoms with Crippen LogP contribution in [0.5, 0.6) is 5.88 Å². The van der Waals surface area contributed by atoms with Crippen LogP contribution in [-0.2, 0) is 0 Å². The average molecular weight is 331 g/mol. The summed E-state index contributed by atoms with van der Waals surface area (Å²) in [6.45, 7) is 2.41. The number of rotatable bonds is 5. The lowest BCUT2D eigenvalue weighted by Crippen LogP contribution is -2.35. The van der Waals surface area contributed by atoms with E-state index in [0.717, 1.165) is 25.7 Å². The second kappa shape index (κ2) is 7.42. The molecule has 0 spiro atoms. The Balaban J connectivity index is 1.88. The highest BCUT2D eigenvalue weighted by Crippen LogP contribution is 2.34. The molecule has 2 aromatic rings. The van der Waals surface area contributed by atoms with Gasteiger partial charge < -0.3 is 20.7 Å². The molecular formula is C18H25N3O3. The van der Waals surface area contributed by atoms with E-state index in [2.05, 4.69) is 9.97 Å². The molecule has 1 aliphatic carbocycles. The van der Waals surface area contributed by atoms with Crippen molar-refractivity contribution in [2.45, 2.75) is 50.9 Å². The second-order valence-corrected chi connectivity index (χ2v) is 6.46. The van der Waals surface area contributed by atoms with Gasteiger partial charge in [-0.15, -0.1) is 0 Å². The minimum Gasteiger partial charge on any atom is -0.478 e. The normalized spacial score (nSPS) is 23.8. The third-order valence-electron chi connectivity index (χ3n) is 4.82. The van der Waals surface area contributed by atoms with Gasteiger partial charge in [0.1, 0.15) is 6.10 Å². The Morgan fingerprint density at radius 3 is 2.67 bits per heavy atom. The van der Waals surface area contributed by atoms with Crippen molar-refractivity contribution in [2.24, 2.45) is 11.7 Å². The van der Waals surface area contributed by atoms with Crippen LogP contribution >= 0.6 is 0 Å². The van der Waals surface area contributed by atoms with Gasteiger partial charge in [-0.05, 0) is 50.7 Å². The van der Waals surface area contributed by atoms with Crippen LogP contribution in [-0.4, -0.2) is 38.9 Å². The van der Waals surface area contributed by atoms with Crippen molar-refractivity contribution in [3.05, 3.63) is 30.0 Å². The van der Waals surface area contributed by atoms with E-state index in [1.165, 1.54) is 0 Å². The number of ether oxygens (including phenoxy) is 1. The first-order valence-electron chi connectivity index (χ1n) is 8.60. The van der Waals surface area contributed by atoms with Crippen LogP contribution in [0.3, 0.4) is 0 Å². The molecule has 2 heterocycles. The molecule has 1 aliphatic rings. The van der Waals surface area contributed by atoms with Gasteiger partial charge in [0.25, 0.3) is 0 Å². The van der Waals surface area contributed by atoms with E-state index >= 15 is 0 Å². The lowest BCUT2D eigenvalue weighted by atomic mass is 9.80. The number of aliphatic hydroxyl groups excluding tert-OH is 2. The Labute approximate surface area is 141 Å². The summed E-state index contributed by atoms with van der Waals surface area (Å²) in [5, 5.41) is 21.4. The summed E-state index contributed by atoms with van der Waals surface area (Å²) >= 11 is 0. The molecule has 2 aromatic heterocycles. The zero-order valence-corrected chi connectivity index (χ0v) is 13.9. The van der Waals surface area contributed by atoms with E-state index < -0.39 is 12.2 Å². The number of nitrogens with zero attached hydrogens (tertiary/aromatic N) is 2. The molecule has 0 unspecified atom stereocenters. The predicted molar refractivity (Wildman–Crippen MR) is 91.6 cm³/mol. The maximum Gasteiger partial charge on any atom is 0.213 e. The molecule has 4 N–H and O–H groups in total. The molecule has 1 saturated carbocycles. The summed E-state index contributed by atoms with van der Waals surface area (Å²) in [6.07, 6.45) is 3.24. The summed E-state index contributed by atoms with van der Waals surface area (Å²) in [5.41, 5.74) is 7.76. The summed E-state index contributed by atoms with van der Waals surface area (Å²) in [6, 6.07) is 5.50. The van der Waals surface area contributed by atoms with Crippen LogP contribution in [0.15, 0.2) is 24.4 Å². The maximum atomic E-state index is 10.7. The van der Waals surface area contributed by atoms with E-state index in [1.807, 2.05) is 13.0 Å². The summed E-state index contributed by atoms with van der Waals surface area (Å²) in [7, 11) is 0. The number of hydrogen-bond donors (Lipinski definition) is 3. The number of aliphatic hydroxyl groups is 2. The third kappa shape index (κ3) is 3.50. The smallest absolute Gasteiger partial charge is 0.213 e. The topological polar surface area (TPSA) is 101 Å². The Bertz CT molecular complexity index is 686. The van der Waals surface area contributed by atoms with Gasteiger partial charge in [-0.2, -0.15) is 0 Å². The van der Waals surface area contributed by atoms with Crippen LogP contribution in [0.4, 0.5) is 0 Å². The fourth-order valence-corrected chi connectivity index (χ4v) is 3.42. The van der Waals surface area contributed by atoms with Crippen molar-refractivity contribution < 1.29 is 14.9 Å². The minimum atomic E-state index is -1.00. The van der Waals surface area contributed by atoms with Crippen LogP contribution < -0.4 is 10.5 Å². The molecule has 1 fully saturated rings. The van der Waals surface area contributed by atoms with E-state index in [0.29, 0.717) is 29.1 Å². The predicted octanol–water partition coefficient (Wildman–Crippen LogP) is 1.94. The molecular weight excluding hydrogens is 306 g/mol. The first-order chi connectivity index (χ1) is 11.6. The zero-order chi connectivity index (χ0) is 17.1. The van der Waals surface area contributed by atoms with Crippen molar-refractivity contribution in [1.82, 2.24) is 9.97 Å². The standard InChI is InChI=1S/C18H25N3O3/c1-2-24-15-8-7-14-16(21-15)13(9-10-20-14)18(23)17(22)11-3-5-12(19)6-4-11/h7-12,17-18,22-23H,2-6,19H2,1H3/t11?,12?,17-,18-/m1/s1. The van der Waals surface area contributed by atoms with Crippen molar-refractivity contribution in [3.8, 4) is 5.88 Å². The Morgan fingerprint density at radius 2 is 1.96 bits per heavy atom. The number of nitrogens with two attached hydrogens (primary N) is 1. The molecule has 0 aromatic carbocycles. The molecule has 0 amide bonds. The van der Waals surface area contributed by atoms with E-state index in [4.69, 9.17) is 10.5 Å².